The summed E-state index contributed by atoms with van der Waals surface area (Å²) in [7, 11) is 1.58. The number of furan rings is 1. The van der Waals surface area contributed by atoms with E-state index in [2.05, 4.69) is 0 Å². The SMILES string of the molecule is COCCOCCOC(=O)c1ccc(C(C)=O)o1. The van der Waals surface area contributed by atoms with Gasteiger partial charge >= 0.3 is 5.97 Å². The van der Waals surface area contributed by atoms with E-state index in [4.69, 9.17) is 18.6 Å². The van der Waals surface area contributed by atoms with Crippen LogP contribution in [-0.2, 0) is 14.2 Å². The maximum atomic E-state index is 11.5. The molecule has 1 heterocycles. The first-order chi connectivity index (χ1) is 8.65. The lowest BCUT2D eigenvalue weighted by Crippen LogP contribution is -2.12. The fourth-order valence-corrected chi connectivity index (χ4v) is 1.15. The number of methoxy groups -OCH3 is 1. The second-order valence-corrected chi connectivity index (χ2v) is 3.46. The monoisotopic (exact) mass is 256 g/mol. The summed E-state index contributed by atoms with van der Waals surface area (Å²) >= 11 is 0. The molecule has 0 amide bonds. The van der Waals surface area contributed by atoms with Crippen LogP contribution in [0.25, 0.3) is 0 Å². The van der Waals surface area contributed by atoms with E-state index in [0.717, 1.165) is 0 Å². The molecule has 0 aliphatic carbocycles. The minimum absolute atomic E-state index is 0.0112. The van der Waals surface area contributed by atoms with Gasteiger partial charge in [-0.25, -0.2) is 4.79 Å². The van der Waals surface area contributed by atoms with Gasteiger partial charge in [-0.05, 0) is 12.1 Å². The van der Waals surface area contributed by atoms with Gasteiger partial charge in [-0.3, -0.25) is 4.79 Å². The first kappa shape index (κ1) is 14.4. The molecule has 1 aromatic heterocycles. The van der Waals surface area contributed by atoms with Crippen LogP contribution in [0.5, 0.6) is 0 Å². The Morgan fingerprint density at radius 1 is 1.11 bits per heavy atom. The highest BCUT2D eigenvalue weighted by molar-refractivity contribution is 5.93. The summed E-state index contributed by atoms with van der Waals surface area (Å²) in [6.07, 6.45) is 0. The van der Waals surface area contributed by atoms with E-state index in [1.807, 2.05) is 0 Å². The largest absolute Gasteiger partial charge is 0.457 e. The Morgan fingerprint density at radius 2 is 1.78 bits per heavy atom. The molecule has 0 aliphatic heterocycles. The maximum absolute atomic E-state index is 11.5. The van der Waals surface area contributed by atoms with Gasteiger partial charge < -0.3 is 18.6 Å². The van der Waals surface area contributed by atoms with Crippen LogP contribution >= 0.6 is 0 Å². The molecule has 0 N–H and O–H groups in total. The van der Waals surface area contributed by atoms with Gasteiger partial charge in [0.1, 0.15) is 6.61 Å². The Labute approximate surface area is 105 Å². The van der Waals surface area contributed by atoms with Gasteiger partial charge in [0.05, 0.1) is 19.8 Å². The zero-order valence-electron chi connectivity index (χ0n) is 10.4. The van der Waals surface area contributed by atoms with Crippen molar-refractivity contribution in [3.63, 3.8) is 0 Å². The molecule has 18 heavy (non-hydrogen) atoms. The van der Waals surface area contributed by atoms with Gasteiger partial charge in [0.15, 0.2) is 11.5 Å². The molecule has 0 saturated carbocycles. The zero-order valence-corrected chi connectivity index (χ0v) is 10.4. The van der Waals surface area contributed by atoms with Gasteiger partial charge in [-0.15, -0.1) is 0 Å². The second kappa shape index (κ2) is 7.62. The predicted molar refractivity (Wildman–Crippen MR) is 61.7 cm³/mol. The number of Topliss-reactive ketones (excluding diaryl/α,β-unsaturated/α-hetero) is 1. The first-order valence-electron chi connectivity index (χ1n) is 5.49. The van der Waals surface area contributed by atoms with Crippen LogP contribution in [0.15, 0.2) is 16.5 Å². The van der Waals surface area contributed by atoms with Gasteiger partial charge in [0.25, 0.3) is 0 Å². The van der Waals surface area contributed by atoms with E-state index >= 15 is 0 Å². The lowest BCUT2D eigenvalue weighted by Gasteiger charge is -2.04. The Hall–Kier alpha value is -1.66. The van der Waals surface area contributed by atoms with E-state index in [-0.39, 0.29) is 30.5 Å². The van der Waals surface area contributed by atoms with E-state index in [1.54, 1.807) is 7.11 Å². The van der Waals surface area contributed by atoms with Crippen molar-refractivity contribution in [2.45, 2.75) is 6.92 Å². The van der Waals surface area contributed by atoms with Gasteiger partial charge in [0.2, 0.25) is 5.76 Å². The van der Waals surface area contributed by atoms with E-state index in [0.29, 0.717) is 13.2 Å². The molecule has 0 fully saturated rings. The molecule has 1 aromatic rings. The van der Waals surface area contributed by atoms with Crippen LogP contribution in [0.4, 0.5) is 0 Å². The van der Waals surface area contributed by atoms with Crippen LogP contribution in [-0.4, -0.2) is 45.3 Å². The Kier molecular flexibility index (Phi) is 6.10. The molecule has 0 atom stereocenters. The van der Waals surface area contributed by atoms with Gasteiger partial charge in [-0.2, -0.15) is 0 Å². The molecule has 0 aromatic carbocycles. The third-order valence-corrected chi connectivity index (χ3v) is 2.05. The summed E-state index contributed by atoms with van der Waals surface area (Å²) in [6, 6.07) is 2.85. The first-order valence-corrected chi connectivity index (χ1v) is 5.49. The van der Waals surface area contributed by atoms with E-state index in [9.17, 15) is 9.59 Å². The molecule has 0 bridgehead atoms. The Bertz CT molecular complexity index is 395. The number of hydrogen-bond donors (Lipinski definition) is 0. The average Bonchev–Trinajstić information content (AvgIpc) is 2.83. The molecular weight excluding hydrogens is 240 g/mol. The lowest BCUT2D eigenvalue weighted by atomic mass is 10.3. The quantitative estimate of drug-likeness (QED) is 0.396. The fraction of sp³-hybridized carbons (Fsp3) is 0.500. The topological polar surface area (TPSA) is 75.0 Å². The summed E-state index contributed by atoms with van der Waals surface area (Å²) in [5, 5.41) is 0. The summed E-state index contributed by atoms with van der Waals surface area (Å²) in [6.45, 7) is 2.71. The van der Waals surface area contributed by atoms with Crippen molar-refractivity contribution in [1.29, 1.82) is 0 Å². The number of esters is 1. The molecule has 100 valence electrons. The van der Waals surface area contributed by atoms with Crippen molar-refractivity contribution in [3.05, 3.63) is 23.7 Å². The minimum Gasteiger partial charge on any atom is -0.457 e. The Balaban J connectivity index is 2.25. The molecule has 0 radical (unpaired) electrons. The number of ether oxygens (including phenoxy) is 3. The molecule has 0 saturated heterocycles. The van der Waals surface area contributed by atoms with Crippen LogP contribution in [0, 0.1) is 0 Å². The third kappa shape index (κ3) is 4.68. The smallest absolute Gasteiger partial charge is 0.374 e. The number of rotatable bonds is 8. The number of carbonyl (C=O) groups excluding carboxylic acids is 2. The van der Waals surface area contributed by atoms with E-state index < -0.39 is 5.97 Å². The summed E-state index contributed by atoms with van der Waals surface area (Å²) in [5.41, 5.74) is 0. The summed E-state index contributed by atoms with van der Waals surface area (Å²) < 4.78 is 19.8. The summed E-state index contributed by atoms with van der Waals surface area (Å²) in [5.74, 6) is -0.704. The van der Waals surface area contributed by atoms with Crippen molar-refractivity contribution in [2.24, 2.45) is 0 Å². The normalized spacial score (nSPS) is 10.3. The van der Waals surface area contributed by atoms with Crippen molar-refractivity contribution < 1.29 is 28.2 Å². The molecule has 1 rings (SSSR count). The highest BCUT2D eigenvalue weighted by Crippen LogP contribution is 2.09. The molecular formula is C12H16O6. The average molecular weight is 256 g/mol. The minimum atomic E-state index is -0.613. The van der Waals surface area contributed by atoms with Crippen LogP contribution in [0.3, 0.4) is 0 Å². The standard InChI is InChI=1S/C12H16O6/c1-9(13)10-3-4-11(18-10)12(14)17-8-7-16-6-5-15-2/h3-4H,5-8H2,1-2H3. The van der Waals surface area contributed by atoms with Crippen LogP contribution in [0.1, 0.15) is 28.0 Å². The highest BCUT2D eigenvalue weighted by atomic mass is 16.6. The van der Waals surface area contributed by atoms with Gasteiger partial charge in [0, 0.05) is 14.0 Å². The molecule has 0 unspecified atom stereocenters. The molecule has 6 nitrogen and oxygen atoms in total. The number of hydrogen-bond acceptors (Lipinski definition) is 6. The zero-order chi connectivity index (χ0) is 13.4. The molecule has 6 heteroatoms. The second-order valence-electron chi connectivity index (χ2n) is 3.46. The Morgan fingerprint density at radius 3 is 2.39 bits per heavy atom. The number of ketones is 1. The van der Waals surface area contributed by atoms with E-state index in [1.165, 1.54) is 19.1 Å². The van der Waals surface area contributed by atoms with Crippen molar-refractivity contribution in [2.75, 3.05) is 33.5 Å². The van der Waals surface area contributed by atoms with Crippen LogP contribution in [0.2, 0.25) is 0 Å². The molecule has 0 spiro atoms. The van der Waals surface area contributed by atoms with Crippen molar-refractivity contribution in [3.8, 4) is 0 Å². The fourth-order valence-electron chi connectivity index (χ4n) is 1.15. The number of carbonyl (C=O) groups is 2. The van der Waals surface area contributed by atoms with Crippen LogP contribution < -0.4 is 0 Å². The van der Waals surface area contributed by atoms with Crippen molar-refractivity contribution in [1.82, 2.24) is 0 Å². The highest BCUT2D eigenvalue weighted by Gasteiger charge is 2.14. The third-order valence-electron chi connectivity index (χ3n) is 2.05. The molecule has 0 aliphatic rings. The lowest BCUT2D eigenvalue weighted by molar-refractivity contribution is 0.0191. The predicted octanol–water partition coefficient (Wildman–Crippen LogP) is 1.30. The summed E-state index contributed by atoms with van der Waals surface area (Å²) in [4.78, 5) is 22.4. The maximum Gasteiger partial charge on any atom is 0.374 e. The van der Waals surface area contributed by atoms with Gasteiger partial charge in [-0.1, -0.05) is 0 Å². The van der Waals surface area contributed by atoms with Crippen molar-refractivity contribution >= 4 is 11.8 Å².